The molecule has 0 aliphatic carbocycles. The van der Waals surface area contributed by atoms with Gasteiger partial charge in [0.05, 0.1) is 18.5 Å². The van der Waals surface area contributed by atoms with Crippen LogP contribution in [0, 0.1) is 13.8 Å². The number of nitrogens with zero attached hydrogens (tertiary/aromatic N) is 1. The molecule has 1 N–H and O–H groups in total. The van der Waals surface area contributed by atoms with Crippen LogP contribution in [0.2, 0.25) is 0 Å². The maximum absolute atomic E-state index is 12.4. The summed E-state index contributed by atoms with van der Waals surface area (Å²) in [6.45, 7) is 3.98. The molecule has 0 unspecified atom stereocenters. The molecule has 0 heterocycles. The van der Waals surface area contributed by atoms with Crippen molar-refractivity contribution in [3.05, 3.63) is 71.8 Å². The SMILES string of the molecule is Cc1ccc(C)c(N(CC(=O)NCCOc2cccc3ccccc23)S(C)(=O)=O)c1. The number of ether oxygens (including phenoxy) is 1. The number of carbonyl (C=O) groups excluding carboxylic acids is 1. The lowest BCUT2D eigenvalue weighted by Gasteiger charge is -2.24. The van der Waals surface area contributed by atoms with E-state index >= 15 is 0 Å². The number of sulfonamides is 1. The van der Waals surface area contributed by atoms with Crippen LogP contribution in [-0.4, -0.2) is 40.3 Å². The van der Waals surface area contributed by atoms with Gasteiger partial charge in [-0.25, -0.2) is 8.42 Å². The molecule has 0 aromatic heterocycles. The lowest BCUT2D eigenvalue weighted by atomic mass is 10.1. The second-order valence-corrected chi connectivity index (χ2v) is 9.14. The third kappa shape index (κ3) is 5.30. The topological polar surface area (TPSA) is 75.7 Å². The van der Waals surface area contributed by atoms with Gasteiger partial charge in [0, 0.05) is 5.39 Å². The first-order chi connectivity index (χ1) is 14.3. The number of aryl methyl sites for hydroxylation is 2. The number of benzene rings is 3. The Hall–Kier alpha value is -3.06. The molecular weight excluding hydrogens is 400 g/mol. The van der Waals surface area contributed by atoms with Crippen LogP contribution in [0.3, 0.4) is 0 Å². The van der Waals surface area contributed by atoms with Gasteiger partial charge in [-0.1, -0.05) is 48.5 Å². The van der Waals surface area contributed by atoms with Gasteiger partial charge in [-0.15, -0.1) is 0 Å². The number of carbonyl (C=O) groups is 1. The molecule has 0 aliphatic heterocycles. The first-order valence-corrected chi connectivity index (χ1v) is 11.5. The summed E-state index contributed by atoms with van der Waals surface area (Å²) < 4.78 is 31.5. The van der Waals surface area contributed by atoms with Crippen molar-refractivity contribution in [3.8, 4) is 5.75 Å². The van der Waals surface area contributed by atoms with E-state index in [0.717, 1.165) is 38.2 Å². The average molecular weight is 427 g/mol. The van der Waals surface area contributed by atoms with E-state index in [-0.39, 0.29) is 25.6 Å². The molecule has 7 heteroatoms. The van der Waals surface area contributed by atoms with Crippen LogP contribution in [-0.2, 0) is 14.8 Å². The second kappa shape index (κ2) is 9.17. The minimum absolute atomic E-state index is 0.270. The third-order valence-electron chi connectivity index (χ3n) is 4.75. The van der Waals surface area contributed by atoms with E-state index in [1.807, 2.05) is 68.4 Å². The van der Waals surface area contributed by atoms with Crippen LogP contribution in [0.25, 0.3) is 10.8 Å². The Morgan fingerprint density at radius 1 is 1.03 bits per heavy atom. The molecule has 0 spiro atoms. The third-order valence-corrected chi connectivity index (χ3v) is 5.88. The van der Waals surface area contributed by atoms with Crippen LogP contribution < -0.4 is 14.4 Å². The number of hydrogen-bond donors (Lipinski definition) is 1. The van der Waals surface area contributed by atoms with Crippen molar-refractivity contribution in [2.45, 2.75) is 13.8 Å². The molecular formula is C23H26N2O4S. The van der Waals surface area contributed by atoms with E-state index in [2.05, 4.69) is 5.32 Å². The summed E-state index contributed by atoms with van der Waals surface area (Å²) in [5.74, 6) is 0.360. The fourth-order valence-electron chi connectivity index (χ4n) is 3.23. The van der Waals surface area contributed by atoms with Gasteiger partial charge in [-0.2, -0.15) is 0 Å². The van der Waals surface area contributed by atoms with Crippen LogP contribution in [0.5, 0.6) is 5.75 Å². The fraction of sp³-hybridized carbons (Fsp3) is 0.261. The lowest BCUT2D eigenvalue weighted by Crippen LogP contribution is -2.41. The van der Waals surface area contributed by atoms with Crippen molar-refractivity contribution in [1.29, 1.82) is 0 Å². The van der Waals surface area contributed by atoms with Gasteiger partial charge in [0.2, 0.25) is 15.9 Å². The predicted octanol–water partition coefficient (Wildman–Crippen LogP) is 3.42. The van der Waals surface area contributed by atoms with Crippen molar-refractivity contribution >= 4 is 32.4 Å². The highest BCUT2D eigenvalue weighted by Crippen LogP contribution is 2.25. The molecule has 3 aromatic carbocycles. The quantitative estimate of drug-likeness (QED) is 0.560. The highest BCUT2D eigenvalue weighted by molar-refractivity contribution is 7.92. The van der Waals surface area contributed by atoms with Gasteiger partial charge in [0.15, 0.2) is 0 Å². The van der Waals surface area contributed by atoms with Gasteiger partial charge in [-0.05, 0) is 42.5 Å². The number of anilines is 1. The Balaban J connectivity index is 1.60. The van der Waals surface area contributed by atoms with E-state index in [1.54, 1.807) is 6.07 Å². The van der Waals surface area contributed by atoms with Crippen LogP contribution in [0.4, 0.5) is 5.69 Å². The summed E-state index contributed by atoms with van der Waals surface area (Å²) in [7, 11) is -3.61. The number of rotatable bonds is 8. The van der Waals surface area contributed by atoms with Crippen LogP contribution in [0.15, 0.2) is 60.7 Å². The Morgan fingerprint density at radius 2 is 1.77 bits per heavy atom. The summed E-state index contributed by atoms with van der Waals surface area (Å²) >= 11 is 0. The fourth-order valence-corrected chi connectivity index (χ4v) is 4.13. The summed E-state index contributed by atoms with van der Waals surface area (Å²) in [5, 5.41) is 4.82. The normalized spacial score (nSPS) is 11.3. The molecule has 0 fully saturated rings. The average Bonchev–Trinajstić information content (AvgIpc) is 2.70. The Labute approximate surface area is 177 Å². The molecule has 0 atom stereocenters. The molecule has 30 heavy (non-hydrogen) atoms. The zero-order valence-electron chi connectivity index (χ0n) is 17.4. The van der Waals surface area contributed by atoms with Crippen molar-refractivity contribution in [2.24, 2.45) is 0 Å². The van der Waals surface area contributed by atoms with E-state index < -0.39 is 10.0 Å². The molecule has 0 radical (unpaired) electrons. The minimum Gasteiger partial charge on any atom is -0.491 e. The van der Waals surface area contributed by atoms with Crippen molar-refractivity contribution in [2.75, 3.05) is 30.3 Å². The van der Waals surface area contributed by atoms with Gasteiger partial charge < -0.3 is 10.1 Å². The molecule has 0 saturated heterocycles. The molecule has 158 valence electrons. The smallest absolute Gasteiger partial charge is 0.240 e. The van der Waals surface area contributed by atoms with Crippen LogP contribution >= 0.6 is 0 Å². The summed E-state index contributed by atoms with van der Waals surface area (Å²) in [6, 6.07) is 19.3. The van der Waals surface area contributed by atoms with Gasteiger partial charge in [0.1, 0.15) is 18.9 Å². The minimum atomic E-state index is -3.61. The van der Waals surface area contributed by atoms with Crippen molar-refractivity contribution < 1.29 is 17.9 Å². The number of nitrogens with one attached hydrogen (secondary N) is 1. The van der Waals surface area contributed by atoms with Crippen molar-refractivity contribution in [1.82, 2.24) is 5.32 Å². The monoisotopic (exact) mass is 426 g/mol. The van der Waals surface area contributed by atoms with Gasteiger partial charge in [0.25, 0.3) is 0 Å². The molecule has 0 aliphatic rings. The standard InChI is InChI=1S/C23H26N2O4S/c1-17-11-12-18(2)21(15-17)25(30(3,27)28)16-23(26)24-13-14-29-22-10-6-8-19-7-4-5-9-20(19)22/h4-12,15H,13-14,16H2,1-3H3,(H,24,26). The largest absolute Gasteiger partial charge is 0.491 e. The summed E-state index contributed by atoms with van der Waals surface area (Å²) in [6.07, 6.45) is 1.10. The first-order valence-electron chi connectivity index (χ1n) is 9.68. The predicted molar refractivity (Wildman–Crippen MR) is 121 cm³/mol. The summed E-state index contributed by atoms with van der Waals surface area (Å²) in [5.41, 5.74) is 2.23. The zero-order chi connectivity index (χ0) is 21.7. The summed E-state index contributed by atoms with van der Waals surface area (Å²) in [4.78, 5) is 12.4. The number of fused-ring (bicyclic) bond motifs is 1. The highest BCUT2D eigenvalue weighted by Gasteiger charge is 2.22. The number of hydrogen-bond acceptors (Lipinski definition) is 4. The molecule has 0 saturated carbocycles. The van der Waals surface area contributed by atoms with E-state index in [4.69, 9.17) is 4.74 Å². The molecule has 3 aromatic rings. The maximum Gasteiger partial charge on any atom is 0.240 e. The number of amides is 1. The lowest BCUT2D eigenvalue weighted by molar-refractivity contribution is -0.119. The van der Waals surface area contributed by atoms with Gasteiger partial charge in [-0.3, -0.25) is 9.10 Å². The Bertz CT molecular complexity index is 1150. The maximum atomic E-state index is 12.4. The molecule has 0 bridgehead atoms. The van der Waals surface area contributed by atoms with E-state index in [9.17, 15) is 13.2 Å². The second-order valence-electron chi connectivity index (χ2n) is 7.24. The van der Waals surface area contributed by atoms with Gasteiger partial charge >= 0.3 is 0 Å². The van der Waals surface area contributed by atoms with Crippen molar-refractivity contribution in [3.63, 3.8) is 0 Å². The van der Waals surface area contributed by atoms with Crippen LogP contribution in [0.1, 0.15) is 11.1 Å². The first kappa shape index (κ1) is 21.6. The molecule has 6 nitrogen and oxygen atoms in total. The van der Waals surface area contributed by atoms with E-state index in [1.165, 1.54) is 0 Å². The van der Waals surface area contributed by atoms with E-state index in [0.29, 0.717) is 5.69 Å². The molecule has 1 amide bonds. The highest BCUT2D eigenvalue weighted by atomic mass is 32.2. The molecule has 3 rings (SSSR count). The Morgan fingerprint density at radius 3 is 2.53 bits per heavy atom. The Kier molecular flexibility index (Phi) is 6.62. The zero-order valence-corrected chi connectivity index (χ0v) is 18.2.